The second kappa shape index (κ2) is 12.3. The Balaban J connectivity index is 1.06. The van der Waals surface area contributed by atoms with Crippen LogP contribution in [0.4, 0.5) is 0 Å². The molecule has 0 aliphatic heterocycles. The van der Waals surface area contributed by atoms with Crippen LogP contribution in [0.5, 0.6) is 0 Å². The third-order valence-electron chi connectivity index (χ3n) is 10.1. The molecule has 0 spiro atoms. The quantitative estimate of drug-likeness (QED) is 0.178. The molecule has 4 aromatic heterocycles. The summed E-state index contributed by atoms with van der Waals surface area (Å²) in [6, 6.07) is 58.5. The van der Waals surface area contributed by atoms with Gasteiger partial charge in [0.1, 0.15) is 11.2 Å². The second-order valence-electron chi connectivity index (χ2n) is 13.4. The van der Waals surface area contributed by atoms with E-state index < -0.39 is 0 Å². The predicted molar refractivity (Wildman–Crippen MR) is 222 cm³/mol. The van der Waals surface area contributed by atoms with Crippen LogP contribution in [0.3, 0.4) is 0 Å². The molecule has 0 aliphatic rings. The molecular weight excluding hydrogens is 681 g/mol. The maximum atomic E-state index is 6.44. The molecule has 0 saturated carbocycles. The molecule has 11 aromatic rings. The van der Waals surface area contributed by atoms with Crippen molar-refractivity contribution in [1.29, 1.82) is 0 Å². The Bertz CT molecular complexity index is 3150. The fourth-order valence-corrected chi connectivity index (χ4v) is 8.76. The highest BCUT2D eigenvalue weighted by molar-refractivity contribution is 7.26. The van der Waals surface area contributed by atoms with Gasteiger partial charge in [-0.05, 0) is 29.8 Å². The maximum Gasteiger partial charge on any atom is 0.164 e. The van der Waals surface area contributed by atoms with Crippen LogP contribution < -0.4 is 0 Å². The molecule has 54 heavy (non-hydrogen) atoms. The summed E-state index contributed by atoms with van der Waals surface area (Å²) in [5.41, 5.74) is 9.71. The number of rotatable bonds is 5. The Morgan fingerprint density at radius 1 is 0.407 bits per heavy atom. The molecule has 0 aliphatic carbocycles. The minimum absolute atomic E-state index is 0.624. The fourth-order valence-electron chi connectivity index (χ4n) is 7.53. The van der Waals surface area contributed by atoms with Crippen molar-refractivity contribution in [3.8, 4) is 56.5 Å². The number of furan rings is 1. The number of benzene rings is 7. The molecule has 7 aromatic carbocycles. The Hall–Kier alpha value is -7.02. The monoisotopic (exact) mass is 708 g/mol. The Labute approximate surface area is 313 Å². The molecule has 4 heterocycles. The number of aromatic nitrogens is 4. The van der Waals surface area contributed by atoms with Crippen molar-refractivity contribution >= 4 is 64.4 Å². The number of fused-ring (bicyclic) bond motifs is 8. The Morgan fingerprint density at radius 2 is 0.981 bits per heavy atom. The number of hydrogen-bond donors (Lipinski definition) is 0. The van der Waals surface area contributed by atoms with Gasteiger partial charge in [0.25, 0.3) is 0 Å². The molecule has 252 valence electrons. The van der Waals surface area contributed by atoms with E-state index in [1.54, 1.807) is 0 Å². The van der Waals surface area contributed by atoms with E-state index in [0.29, 0.717) is 17.5 Å². The predicted octanol–water partition coefficient (Wildman–Crippen LogP) is 13.0. The fraction of sp³-hybridized carbons (Fsp3) is 0. The van der Waals surface area contributed by atoms with E-state index in [-0.39, 0.29) is 0 Å². The van der Waals surface area contributed by atoms with Crippen LogP contribution in [-0.4, -0.2) is 19.9 Å². The molecule has 0 N–H and O–H groups in total. The SMILES string of the molecule is c1ccc(-c2nc(-c3ccccc3)nc(-c3ccc(-c4nc5ccc(-c6cccc7c6oc6ccccc67)cc5c5sc6ccccc6c45)cc3)n2)cc1. The topological polar surface area (TPSA) is 64.7 Å². The number of para-hydroxylation sites is 2. The molecule has 0 saturated heterocycles. The van der Waals surface area contributed by atoms with Gasteiger partial charge in [0, 0.05) is 64.1 Å². The third kappa shape index (κ3) is 4.99. The summed E-state index contributed by atoms with van der Waals surface area (Å²) in [4.78, 5) is 20.1. The van der Waals surface area contributed by atoms with E-state index in [1.165, 1.54) is 14.8 Å². The first-order valence-electron chi connectivity index (χ1n) is 17.9. The summed E-state index contributed by atoms with van der Waals surface area (Å²) in [5.74, 6) is 1.91. The molecule has 6 heteroatoms. The van der Waals surface area contributed by atoms with Crippen molar-refractivity contribution in [3.63, 3.8) is 0 Å². The summed E-state index contributed by atoms with van der Waals surface area (Å²) in [6.07, 6.45) is 0. The largest absolute Gasteiger partial charge is 0.455 e. The van der Waals surface area contributed by atoms with Crippen LogP contribution in [0.15, 0.2) is 174 Å². The molecular formula is C48H28N4OS. The summed E-state index contributed by atoms with van der Waals surface area (Å²) in [6.45, 7) is 0. The maximum absolute atomic E-state index is 6.44. The van der Waals surface area contributed by atoms with Crippen LogP contribution in [0.25, 0.3) is 110 Å². The van der Waals surface area contributed by atoms with Crippen LogP contribution in [0.2, 0.25) is 0 Å². The lowest BCUT2D eigenvalue weighted by molar-refractivity contribution is 0.670. The van der Waals surface area contributed by atoms with Gasteiger partial charge in [0.05, 0.1) is 11.2 Å². The molecule has 0 radical (unpaired) electrons. The summed E-state index contributed by atoms with van der Waals surface area (Å²) >= 11 is 1.82. The van der Waals surface area contributed by atoms with Gasteiger partial charge < -0.3 is 4.42 Å². The number of thiophene rings is 1. The number of hydrogen-bond acceptors (Lipinski definition) is 6. The molecule has 11 rings (SSSR count). The first kappa shape index (κ1) is 30.6. The Kier molecular flexibility index (Phi) is 6.97. The number of pyridine rings is 1. The van der Waals surface area contributed by atoms with Crippen molar-refractivity contribution in [2.45, 2.75) is 0 Å². The van der Waals surface area contributed by atoms with E-state index in [9.17, 15) is 0 Å². The van der Waals surface area contributed by atoms with Gasteiger partial charge in [-0.25, -0.2) is 19.9 Å². The highest BCUT2D eigenvalue weighted by Gasteiger charge is 2.19. The smallest absolute Gasteiger partial charge is 0.164 e. The molecule has 0 atom stereocenters. The lowest BCUT2D eigenvalue weighted by atomic mass is 9.98. The normalized spacial score (nSPS) is 11.7. The van der Waals surface area contributed by atoms with Gasteiger partial charge >= 0.3 is 0 Å². The van der Waals surface area contributed by atoms with Gasteiger partial charge in [-0.1, -0.05) is 146 Å². The molecule has 0 bridgehead atoms. The van der Waals surface area contributed by atoms with E-state index in [2.05, 4.69) is 97.1 Å². The van der Waals surface area contributed by atoms with Crippen LogP contribution >= 0.6 is 11.3 Å². The lowest BCUT2D eigenvalue weighted by Gasteiger charge is -2.11. The zero-order valence-corrected chi connectivity index (χ0v) is 29.6. The highest BCUT2D eigenvalue weighted by atomic mass is 32.1. The summed E-state index contributed by atoms with van der Waals surface area (Å²) < 4.78 is 8.89. The van der Waals surface area contributed by atoms with Gasteiger partial charge in [0.15, 0.2) is 17.5 Å². The average molecular weight is 709 g/mol. The van der Waals surface area contributed by atoms with E-state index in [0.717, 1.165) is 77.3 Å². The van der Waals surface area contributed by atoms with Crippen LogP contribution in [0.1, 0.15) is 0 Å². The minimum atomic E-state index is 0.624. The summed E-state index contributed by atoms with van der Waals surface area (Å²) in [7, 11) is 0. The van der Waals surface area contributed by atoms with Gasteiger partial charge in [0.2, 0.25) is 0 Å². The van der Waals surface area contributed by atoms with Crippen molar-refractivity contribution < 1.29 is 4.42 Å². The zero-order chi connectivity index (χ0) is 35.6. The molecule has 0 amide bonds. The van der Waals surface area contributed by atoms with Crippen molar-refractivity contribution in [1.82, 2.24) is 19.9 Å². The second-order valence-corrected chi connectivity index (χ2v) is 14.4. The molecule has 0 unspecified atom stereocenters. The standard InChI is InChI=1S/C48H28N4OS/c1-3-12-30(13-4-1)46-50-47(31-14-5-2-6-15-31)52-48(51-46)32-24-22-29(23-25-32)43-42-37-17-8-10-21-41(37)54-45(42)38-28-33(26-27-39(38)49-43)34-18-11-19-36-35-16-7-9-20-40(35)53-44(34)36/h1-28H. The van der Waals surface area contributed by atoms with Gasteiger partial charge in [-0.2, -0.15) is 0 Å². The first-order chi connectivity index (χ1) is 26.7. The highest BCUT2D eigenvalue weighted by Crippen LogP contribution is 2.44. The Morgan fingerprint density at radius 3 is 1.70 bits per heavy atom. The first-order valence-corrected chi connectivity index (χ1v) is 18.7. The molecule has 0 fully saturated rings. The van der Waals surface area contributed by atoms with Gasteiger partial charge in [-0.15, -0.1) is 11.3 Å². The van der Waals surface area contributed by atoms with E-state index in [1.807, 2.05) is 84.1 Å². The van der Waals surface area contributed by atoms with E-state index in [4.69, 9.17) is 24.4 Å². The van der Waals surface area contributed by atoms with E-state index >= 15 is 0 Å². The zero-order valence-electron chi connectivity index (χ0n) is 28.8. The summed E-state index contributed by atoms with van der Waals surface area (Å²) in [5, 5.41) is 5.74. The van der Waals surface area contributed by atoms with Crippen molar-refractivity contribution in [3.05, 3.63) is 170 Å². The van der Waals surface area contributed by atoms with Gasteiger partial charge in [-0.3, -0.25) is 0 Å². The average Bonchev–Trinajstić information content (AvgIpc) is 3.83. The minimum Gasteiger partial charge on any atom is -0.455 e. The van der Waals surface area contributed by atoms with Crippen LogP contribution in [0, 0.1) is 0 Å². The third-order valence-corrected chi connectivity index (χ3v) is 11.3. The van der Waals surface area contributed by atoms with Crippen molar-refractivity contribution in [2.75, 3.05) is 0 Å². The molecule has 5 nitrogen and oxygen atoms in total. The van der Waals surface area contributed by atoms with Crippen molar-refractivity contribution in [2.24, 2.45) is 0 Å². The lowest BCUT2D eigenvalue weighted by Crippen LogP contribution is -2.00. The van der Waals surface area contributed by atoms with Crippen LogP contribution in [-0.2, 0) is 0 Å². The number of nitrogens with zero attached hydrogens (tertiary/aromatic N) is 4.